The highest BCUT2D eigenvalue weighted by Crippen LogP contribution is 2.45. The first-order valence-corrected chi connectivity index (χ1v) is 11.9. The minimum absolute atomic E-state index is 0.804. The molecule has 0 aromatic rings. The van der Waals surface area contributed by atoms with Crippen molar-refractivity contribution in [3.8, 4) is 0 Å². The standard InChI is InChI=1S/C24H45F/c1-3-5-7-8-9-11-21-12-14-22(15-13-21)23-16-19-24(25,20-17-23)18-10-6-4-2/h21-23H,3-20H2,1-2H3. The van der Waals surface area contributed by atoms with Crippen molar-refractivity contribution in [2.45, 2.75) is 135 Å². The van der Waals surface area contributed by atoms with E-state index in [0.29, 0.717) is 0 Å². The first-order valence-electron chi connectivity index (χ1n) is 11.9. The molecule has 2 aliphatic carbocycles. The fourth-order valence-electron chi connectivity index (χ4n) is 5.56. The van der Waals surface area contributed by atoms with Crippen molar-refractivity contribution in [1.29, 1.82) is 0 Å². The number of hydrogen-bond acceptors (Lipinski definition) is 0. The molecule has 0 aromatic heterocycles. The van der Waals surface area contributed by atoms with Crippen LogP contribution in [0.1, 0.15) is 129 Å². The maximum absolute atomic E-state index is 14.9. The van der Waals surface area contributed by atoms with Crippen LogP contribution in [0.3, 0.4) is 0 Å². The zero-order chi connectivity index (χ0) is 18.0. The molecule has 2 rings (SSSR count). The van der Waals surface area contributed by atoms with Crippen LogP contribution in [0.25, 0.3) is 0 Å². The molecule has 0 aliphatic heterocycles. The molecule has 1 heteroatoms. The predicted molar refractivity (Wildman–Crippen MR) is 109 cm³/mol. The van der Waals surface area contributed by atoms with Gasteiger partial charge in [0.2, 0.25) is 0 Å². The van der Waals surface area contributed by atoms with Gasteiger partial charge >= 0.3 is 0 Å². The number of hydrogen-bond donors (Lipinski definition) is 0. The second-order valence-corrected chi connectivity index (χ2v) is 9.43. The van der Waals surface area contributed by atoms with Crippen LogP contribution in [-0.2, 0) is 0 Å². The van der Waals surface area contributed by atoms with Crippen LogP contribution in [0.2, 0.25) is 0 Å². The van der Waals surface area contributed by atoms with Gasteiger partial charge in [0, 0.05) is 0 Å². The predicted octanol–water partition coefficient (Wildman–Crippen LogP) is 8.63. The SMILES string of the molecule is CCCCCCCC1CCC(C2CCC(F)(CCCCC)CC2)CC1. The molecule has 0 atom stereocenters. The van der Waals surface area contributed by atoms with Crippen LogP contribution in [0.4, 0.5) is 4.39 Å². The molecule has 0 unspecified atom stereocenters. The highest BCUT2D eigenvalue weighted by atomic mass is 19.1. The van der Waals surface area contributed by atoms with E-state index in [1.165, 1.54) is 89.9 Å². The molecule has 2 aliphatic rings. The zero-order valence-electron chi connectivity index (χ0n) is 17.3. The molecule has 0 heterocycles. The number of unbranched alkanes of at least 4 members (excludes halogenated alkanes) is 6. The molecule has 0 aromatic carbocycles. The van der Waals surface area contributed by atoms with E-state index in [2.05, 4.69) is 13.8 Å². The summed E-state index contributed by atoms with van der Waals surface area (Å²) in [5, 5.41) is 0. The van der Waals surface area contributed by atoms with E-state index in [0.717, 1.165) is 43.4 Å². The Bertz CT molecular complexity index is 321. The molecule has 0 nitrogen and oxygen atoms in total. The number of alkyl halides is 1. The summed E-state index contributed by atoms with van der Waals surface area (Å²) in [4.78, 5) is 0. The van der Waals surface area contributed by atoms with Gasteiger partial charge in [-0.1, -0.05) is 84.5 Å². The number of rotatable bonds is 11. The summed E-state index contributed by atoms with van der Waals surface area (Å²) >= 11 is 0. The van der Waals surface area contributed by atoms with Crippen molar-refractivity contribution in [1.82, 2.24) is 0 Å². The van der Waals surface area contributed by atoms with Crippen LogP contribution < -0.4 is 0 Å². The quantitative estimate of drug-likeness (QED) is 0.326. The van der Waals surface area contributed by atoms with Gasteiger partial charge in [0.05, 0.1) is 0 Å². The third-order valence-electron chi connectivity index (χ3n) is 7.43. The average Bonchev–Trinajstić information content (AvgIpc) is 2.63. The smallest absolute Gasteiger partial charge is 0.111 e. The summed E-state index contributed by atoms with van der Waals surface area (Å²) in [6.45, 7) is 4.51. The molecule has 0 saturated heterocycles. The average molecular weight is 353 g/mol. The van der Waals surface area contributed by atoms with Crippen molar-refractivity contribution < 1.29 is 4.39 Å². The van der Waals surface area contributed by atoms with E-state index in [4.69, 9.17) is 0 Å². The van der Waals surface area contributed by atoms with Crippen LogP contribution in [0.15, 0.2) is 0 Å². The fraction of sp³-hybridized carbons (Fsp3) is 1.00. The highest BCUT2D eigenvalue weighted by Gasteiger charge is 2.38. The fourth-order valence-corrected chi connectivity index (χ4v) is 5.56. The van der Waals surface area contributed by atoms with Gasteiger partial charge in [0.1, 0.15) is 5.67 Å². The van der Waals surface area contributed by atoms with Gasteiger partial charge in [-0.25, -0.2) is 4.39 Å². The largest absolute Gasteiger partial charge is 0.244 e. The van der Waals surface area contributed by atoms with Gasteiger partial charge < -0.3 is 0 Å². The Morgan fingerprint density at radius 3 is 1.88 bits per heavy atom. The third-order valence-corrected chi connectivity index (χ3v) is 7.43. The Labute approximate surface area is 157 Å². The van der Waals surface area contributed by atoms with Crippen molar-refractivity contribution in [2.75, 3.05) is 0 Å². The van der Waals surface area contributed by atoms with Crippen molar-refractivity contribution >= 4 is 0 Å². The van der Waals surface area contributed by atoms with Gasteiger partial charge in [0.25, 0.3) is 0 Å². The molecular weight excluding hydrogens is 307 g/mol. The summed E-state index contributed by atoms with van der Waals surface area (Å²) in [7, 11) is 0. The van der Waals surface area contributed by atoms with E-state index < -0.39 is 5.67 Å². The van der Waals surface area contributed by atoms with Gasteiger partial charge in [-0.2, -0.15) is 0 Å². The van der Waals surface area contributed by atoms with Crippen LogP contribution >= 0.6 is 0 Å². The Morgan fingerprint density at radius 1 is 0.680 bits per heavy atom. The summed E-state index contributed by atoms with van der Waals surface area (Å²) in [5.41, 5.74) is -0.804. The molecule has 25 heavy (non-hydrogen) atoms. The first-order chi connectivity index (χ1) is 12.2. The second kappa shape index (κ2) is 11.6. The lowest BCUT2D eigenvalue weighted by Crippen LogP contribution is -2.33. The molecular formula is C24H45F. The highest BCUT2D eigenvalue weighted by molar-refractivity contribution is 4.89. The van der Waals surface area contributed by atoms with E-state index in [9.17, 15) is 4.39 Å². The Morgan fingerprint density at radius 2 is 1.24 bits per heavy atom. The lowest BCUT2D eigenvalue weighted by atomic mass is 9.67. The molecule has 0 N–H and O–H groups in total. The van der Waals surface area contributed by atoms with Crippen molar-refractivity contribution in [2.24, 2.45) is 17.8 Å². The monoisotopic (exact) mass is 352 g/mol. The van der Waals surface area contributed by atoms with Crippen molar-refractivity contribution in [3.05, 3.63) is 0 Å². The minimum Gasteiger partial charge on any atom is -0.244 e. The minimum atomic E-state index is -0.804. The third kappa shape index (κ3) is 7.59. The lowest BCUT2D eigenvalue weighted by molar-refractivity contribution is 0.0456. The van der Waals surface area contributed by atoms with E-state index in [1.54, 1.807) is 0 Å². The Kier molecular flexibility index (Phi) is 9.85. The zero-order valence-corrected chi connectivity index (χ0v) is 17.3. The molecule has 2 fully saturated rings. The summed E-state index contributed by atoms with van der Waals surface area (Å²) < 4.78 is 14.9. The van der Waals surface area contributed by atoms with Gasteiger partial charge in [-0.3, -0.25) is 0 Å². The van der Waals surface area contributed by atoms with E-state index >= 15 is 0 Å². The summed E-state index contributed by atoms with van der Waals surface area (Å²) in [6.07, 6.45) is 22.8. The molecule has 148 valence electrons. The van der Waals surface area contributed by atoms with E-state index in [-0.39, 0.29) is 0 Å². The van der Waals surface area contributed by atoms with Crippen LogP contribution in [0, 0.1) is 17.8 Å². The second-order valence-electron chi connectivity index (χ2n) is 9.43. The number of halogens is 1. The van der Waals surface area contributed by atoms with E-state index in [1.807, 2.05) is 0 Å². The topological polar surface area (TPSA) is 0 Å². The maximum atomic E-state index is 14.9. The summed E-state index contributed by atoms with van der Waals surface area (Å²) in [5.74, 6) is 2.79. The lowest BCUT2D eigenvalue weighted by Gasteiger charge is -2.40. The molecule has 0 spiro atoms. The summed E-state index contributed by atoms with van der Waals surface area (Å²) in [6, 6.07) is 0. The van der Waals surface area contributed by atoms with Gasteiger partial charge in [0.15, 0.2) is 0 Å². The Hall–Kier alpha value is -0.0700. The molecule has 0 radical (unpaired) electrons. The van der Waals surface area contributed by atoms with Gasteiger partial charge in [-0.05, 0) is 62.7 Å². The normalized spacial score (nSPS) is 33.5. The molecule has 0 amide bonds. The van der Waals surface area contributed by atoms with Crippen molar-refractivity contribution in [3.63, 3.8) is 0 Å². The van der Waals surface area contributed by atoms with Crippen LogP contribution in [0.5, 0.6) is 0 Å². The molecule has 0 bridgehead atoms. The maximum Gasteiger partial charge on any atom is 0.111 e. The molecule has 2 saturated carbocycles. The Balaban J connectivity index is 1.59. The van der Waals surface area contributed by atoms with Gasteiger partial charge in [-0.15, -0.1) is 0 Å². The first kappa shape index (κ1) is 21.2. The van der Waals surface area contributed by atoms with Crippen LogP contribution in [-0.4, -0.2) is 5.67 Å².